The molecular formula is C29H29ClN2O. The molecule has 0 fully saturated rings. The molecular weight excluding hydrogens is 428 g/mol. The fourth-order valence-electron chi connectivity index (χ4n) is 4.89. The van der Waals surface area contributed by atoms with Crippen molar-refractivity contribution in [3.8, 4) is 5.75 Å². The first-order chi connectivity index (χ1) is 16.1. The number of hydrogen-bond acceptors (Lipinski definition) is 3. The van der Waals surface area contributed by atoms with E-state index in [0.29, 0.717) is 29.5 Å². The van der Waals surface area contributed by atoms with E-state index in [1.807, 2.05) is 24.4 Å². The van der Waals surface area contributed by atoms with Crippen molar-refractivity contribution in [3.63, 3.8) is 0 Å². The molecule has 0 saturated carbocycles. The number of halogens is 1. The number of allylic oxidation sites excluding steroid dienone is 2. The Kier molecular flexibility index (Phi) is 6.24. The number of fused-ring (bicyclic) bond motifs is 3. The summed E-state index contributed by atoms with van der Waals surface area (Å²) < 4.78 is 5.65. The second-order valence-corrected chi connectivity index (χ2v) is 9.36. The van der Waals surface area contributed by atoms with Crippen molar-refractivity contribution < 1.29 is 4.74 Å². The average Bonchev–Trinajstić information content (AvgIpc) is 3.33. The number of aryl methyl sites for hydroxylation is 1. The van der Waals surface area contributed by atoms with Gasteiger partial charge in [-0.25, -0.2) is 0 Å². The van der Waals surface area contributed by atoms with E-state index in [0.717, 1.165) is 29.8 Å². The predicted octanol–water partition coefficient (Wildman–Crippen LogP) is 8.01. The zero-order chi connectivity index (χ0) is 22.8. The van der Waals surface area contributed by atoms with Crippen LogP contribution in [0.2, 0.25) is 5.02 Å². The second kappa shape index (κ2) is 9.44. The summed E-state index contributed by atoms with van der Waals surface area (Å²) in [5.74, 6) is 1.75. The molecule has 0 aromatic heterocycles. The Morgan fingerprint density at radius 1 is 1.09 bits per heavy atom. The van der Waals surface area contributed by atoms with Gasteiger partial charge < -0.3 is 10.1 Å². The molecule has 168 valence electrons. The quantitative estimate of drug-likeness (QED) is 0.301. The standard InChI is InChI=1S/C29H29ClN2O/c1-3-15-33-28-14-8-20(17-26(28)30)18-31-22-11-9-21(10-12-22)29-24-6-4-5-23(24)25-16-19(2)7-13-27(25)32-29/h4-5,7-14,16-18,23-24,29,32H,3,6,15H2,1-2H3/t23-,24+,29-/m0/s1. The minimum atomic E-state index is 0.299. The van der Waals surface area contributed by atoms with E-state index in [-0.39, 0.29) is 0 Å². The maximum absolute atomic E-state index is 6.34. The van der Waals surface area contributed by atoms with Gasteiger partial charge >= 0.3 is 0 Å². The van der Waals surface area contributed by atoms with Gasteiger partial charge in [-0.3, -0.25) is 4.99 Å². The van der Waals surface area contributed by atoms with Crippen molar-refractivity contribution in [3.05, 3.63) is 100 Å². The summed E-state index contributed by atoms with van der Waals surface area (Å²) in [6.07, 6.45) is 8.63. The van der Waals surface area contributed by atoms with Gasteiger partial charge in [0.1, 0.15) is 5.75 Å². The first-order valence-electron chi connectivity index (χ1n) is 11.7. The summed E-state index contributed by atoms with van der Waals surface area (Å²) in [4.78, 5) is 4.65. The molecule has 0 bridgehead atoms. The van der Waals surface area contributed by atoms with Crippen molar-refractivity contribution in [1.29, 1.82) is 0 Å². The number of hydrogen-bond donors (Lipinski definition) is 1. The number of aliphatic imine (C=N–C) groups is 1. The Bertz CT molecular complexity index is 1200. The predicted molar refractivity (Wildman–Crippen MR) is 138 cm³/mol. The zero-order valence-electron chi connectivity index (χ0n) is 19.1. The molecule has 1 N–H and O–H groups in total. The topological polar surface area (TPSA) is 33.6 Å². The Morgan fingerprint density at radius 2 is 1.94 bits per heavy atom. The molecule has 1 aliphatic heterocycles. The van der Waals surface area contributed by atoms with E-state index in [1.165, 1.54) is 22.4 Å². The Labute approximate surface area is 201 Å². The first kappa shape index (κ1) is 21.8. The molecule has 0 radical (unpaired) electrons. The van der Waals surface area contributed by atoms with Gasteiger partial charge in [0.25, 0.3) is 0 Å². The summed E-state index contributed by atoms with van der Waals surface area (Å²) in [5.41, 5.74) is 7.18. The number of rotatable bonds is 6. The Morgan fingerprint density at radius 3 is 2.73 bits per heavy atom. The monoisotopic (exact) mass is 456 g/mol. The normalized spacial score (nSPS) is 21.0. The third kappa shape index (κ3) is 4.56. The van der Waals surface area contributed by atoms with E-state index in [9.17, 15) is 0 Å². The molecule has 3 nitrogen and oxygen atoms in total. The van der Waals surface area contributed by atoms with Crippen LogP contribution in [0.15, 0.2) is 77.8 Å². The average molecular weight is 457 g/mol. The van der Waals surface area contributed by atoms with Gasteiger partial charge in [0, 0.05) is 17.8 Å². The lowest BCUT2D eigenvalue weighted by Crippen LogP contribution is -2.29. The smallest absolute Gasteiger partial charge is 0.137 e. The van der Waals surface area contributed by atoms with E-state index in [2.05, 4.69) is 78.8 Å². The van der Waals surface area contributed by atoms with Crippen LogP contribution in [0.4, 0.5) is 11.4 Å². The van der Waals surface area contributed by atoms with Crippen molar-refractivity contribution in [1.82, 2.24) is 0 Å². The lowest BCUT2D eigenvalue weighted by Gasteiger charge is -2.37. The van der Waals surface area contributed by atoms with Gasteiger partial charge in [-0.05, 0) is 78.8 Å². The second-order valence-electron chi connectivity index (χ2n) is 8.95. The SMILES string of the molecule is CCCOc1ccc(C=Nc2ccc([C@@H]3Nc4ccc(C)cc4[C@H]4C=CC[C@H]43)cc2)cc1Cl. The highest BCUT2D eigenvalue weighted by atomic mass is 35.5. The molecule has 1 aliphatic carbocycles. The van der Waals surface area contributed by atoms with Gasteiger partial charge in [0.15, 0.2) is 0 Å². The Hall–Kier alpha value is -3.04. The summed E-state index contributed by atoms with van der Waals surface area (Å²) in [5, 5.41) is 4.42. The highest BCUT2D eigenvalue weighted by molar-refractivity contribution is 6.32. The number of anilines is 1. The fraction of sp³-hybridized carbons (Fsp3) is 0.276. The molecule has 2 aliphatic rings. The summed E-state index contributed by atoms with van der Waals surface area (Å²) in [7, 11) is 0. The van der Waals surface area contributed by atoms with E-state index < -0.39 is 0 Å². The van der Waals surface area contributed by atoms with Crippen LogP contribution < -0.4 is 10.1 Å². The van der Waals surface area contributed by atoms with Crippen LogP contribution in [-0.4, -0.2) is 12.8 Å². The van der Waals surface area contributed by atoms with Crippen LogP contribution in [-0.2, 0) is 0 Å². The van der Waals surface area contributed by atoms with Gasteiger partial charge in [-0.2, -0.15) is 0 Å². The fourth-order valence-corrected chi connectivity index (χ4v) is 5.13. The van der Waals surface area contributed by atoms with Crippen molar-refractivity contribution >= 4 is 29.2 Å². The van der Waals surface area contributed by atoms with Crippen LogP contribution in [0.1, 0.15) is 54.0 Å². The molecule has 0 spiro atoms. The minimum Gasteiger partial charge on any atom is -0.492 e. The highest BCUT2D eigenvalue weighted by Crippen LogP contribution is 2.50. The van der Waals surface area contributed by atoms with E-state index in [4.69, 9.17) is 16.3 Å². The summed E-state index contributed by atoms with van der Waals surface area (Å²) in [6, 6.07) is 21.4. The third-order valence-corrected chi connectivity index (χ3v) is 6.85. The molecule has 0 unspecified atom stereocenters. The van der Waals surface area contributed by atoms with Crippen LogP contribution in [0.5, 0.6) is 5.75 Å². The number of nitrogens with zero attached hydrogens (tertiary/aromatic N) is 1. The largest absolute Gasteiger partial charge is 0.492 e. The molecule has 1 heterocycles. The van der Waals surface area contributed by atoms with Crippen LogP contribution >= 0.6 is 11.6 Å². The molecule has 3 aromatic rings. The number of benzene rings is 3. The van der Waals surface area contributed by atoms with E-state index in [1.54, 1.807) is 0 Å². The summed E-state index contributed by atoms with van der Waals surface area (Å²) in [6.45, 7) is 4.91. The Balaban J connectivity index is 1.32. The van der Waals surface area contributed by atoms with Crippen molar-refractivity contribution in [2.75, 3.05) is 11.9 Å². The maximum Gasteiger partial charge on any atom is 0.137 e. The molecule has 3 aromatic carbocycles. The molecule has 3 atom stereocenters. The van der Waals surface area contributed by atoms with Gasteiger partial charge in [0.2, 0.25) is 0 Å². The third-order valence-electron chi connectivity index (χ3n) is 6.55. The lowest BCUT2D eigenvalue weighted by molar-refractivity contribution is 0.317. The molecule has 5 rings (SSSR count). The summed E-state index contributed by atoms with van der Waals surface area (Å²) >= 11 is 6.34. The molecule has 0 saturated heterocycles. The zero-order valence-corrected chi connectivity index (χ0v) is 19.8. The van der Waals surface area contributed by atoms with Gasteiger partial charge in [-0.15, -0.1) is 0 Å². The minimum absolute atomic E-state index is 0.299. The van der Waals surface area contributed by atoms with Crippen LogP contribution in [0.3, 0.4) is 0 Å². The van der Waals surface area contributed by atoms with E-state index >= 15 is 0 Å². The van der Waals surface area contributed by atoms with Gasteiger partial charge in [-0.1, -0.05) is 60.5 Å². The van der Waals surface area contributed by atoms with Crippen LogP contribution in [0.25, 0.3) is 0 Å². The van der Waals surface area contributed by atoms with Gasteiger partial charge in [0.05, 0.1) is 23.4 Å². The first-order valence-corrected chi connectivity index (χ1v) is 12.1. The van der Waals surface area contributed by atoms with Crippen LogP contribution in [0, 0.1) is 12.8 Å². The lowest BCUT2D eigenvalue weighted by atomic mass is 9.76. The highest BCUT2D eigenvalue weighted by Gasteiger charge is 2.37. The number of nitrogens with one attached hydrogen (secondary N) is 1. The number of ether oxygens (including phenoxy) is 1. The molecule has 33 heavy (non-hydrogen) atoms. The molecule has 0 amide bonds. The molecule has 4 heteroatoms. The van der Waals surface area contributed by atoms with Crippen molar-refractivity contribution in [2.45, 2.75) is 38.6 Å². The maximum atomic E-state index is 6.34. The van der Waals surface area contributed by atoms with Crippen molar-refractivity contribution in [2.24, 2.45) is 10.9 Å².